The van der Waals surface area contributed by atoms with Gasteiger partial charge in [0.1, 0.15) is 0 Å². The molecule has 88 valence electrons. The van der Waals surface area contributed by atoms with Gasteiger partial charge in [-0.1, -0.05) is 12.8 Å². The van der Waals surface area contributed by atoms with Crippen molar-refractivity contribution >= 4 is 5.91 Å². The van der Waals surface area contributed by atoms with E-state index in [-0.39, 0.29) is 24.7 Å². The Bertz CT molecular complexity index is 200. The highest BCUT2D eigenvalue weighted by molar-refractivity contribution is 5.76. The first-order chi connectivity index (χ1) is 7.22. The first-order valence-electron chi connectivity index (χ1n) is 5.75. The summed E-state index contributed by atoms with van der Waals surface area (Å²) in [6, 6.07) is 0. The summed E-state index contributed by atoms with van der Waals surface area (Å²) in [5, 5.41) is 20.8. The van der Waals surface area contributed by atoms with Gasteiger partial charge in [0, 0.05) is 13.0 Å². The van der Waals surface area contributed by atoms with Crippen molar-refractivity contribution in [3.63, 3.8) is 0 Å². The van der Waals surface area contributed by atoms with E-state index in [0.29, 0.717) is 19.3 Å². The van der Waals surface area contributed by atoms with Crippen LogP contribution in [0.25, 0.3) is 0 Å². The number of hydrogen-bond donors (Lipinski definition) is 3. The zero-order valence-electron chi connectivity index (χ0n) is 9.17. The first-order valence-corrected chi connectivity index (χ1v) is 5.75. The minimum atomic E-state index is -0.351. The highest BCUT2D eigenvalue weighted by Crippen LogP contribution is 2.29. The molecule has 1 rings (SSSR count). The zero-order valence-corrected chi connectivity index (χ0v) is 9.17. The standard InChI is InChI=1S/C11H21NO3/c13-8-4-1-5-10(15)12-11(9-14)6-2-3-7-11/h13-14H,1-9H2,(H,12,15). The van der Waals surface area contributed by atoms with Gasteiger partial charge >= 0.3 is 0 Å². The Labute approximate surface area is 90.7 Å². The lowest BCUT2D eigenvalue weighted by Crippen LogP contribution is -2.49. The summed E-state index contributed by atoms with van der Waals surface area (Å²) in [5.41, 5.74) is -0.351. The normalized spacial score (nSPS) is 19.1. The third-order valence-electron chi connectivity index (χ3n) is 3.08. The summed E-state index contributed by atoms with van der Waals surface area (Å²) in [7, 11) is 0. The fraction of sp³-hybridized carbons (Fsp3) is 0.909. The lowest BCUT2D eigenvalue weighted by Gasteiger charge is -2.27. The first kappa shape index (κ1) is 12.5. The number of carbonyl (C=O) groups excluding carboxylic acids is 1. The van der Waals surface area contributed by atoms with Gasteiger partial charge in [0.25, 0.3) is 0 Å². The van der Waals surface area contributed by atoms with Crippen LogP contribution in [0.4, 0.5) is 0 Å². The minimum Gasteiger partial charge on any atom is -0.396 e. The highest BCUT2D eigenvalue weighted by Gasteiger charge is 2.34. The number of nitrogens with one attached hydrogen (secondary N) is 1. The van der Waals surface area contributed by atoms with Gasteiger partial charge < -0.3 is 15.5 Å². The number of hydrogen-bond acceptors (Lipinski definition) is 3. The summed E-state index contributed by atoms with van der Waals surface area (Å²) >= 11 is 0. The molecule has 0 aromatic rings. The fourth-order valence-electron chi connectivity index (χ4n) is 2.13. The Morgan fingerprint density at radius 2 is 1.87 bits per heavy atom. The van der Waals surface area contributed by atoms with Gasteiger partial charge in [-0.15, -0.1) is 0 Å². The van der Waals surface area contributed by atoms with Crippen LogP contribution in [0, 0.1) is 0 Å². The molecule has 3 N–H and O–H groups in total. The third-order valence-corrected chi connectivity index (χ3v) is 3.08. The monoisotopic (exact) mass is 215 g/mol. The van der Waals surface area contributed by atoms with Crippen LogP contribution >= 0.6 is 0 Å². The van der Waals surface area contributed by atoms with Gasteiger partial charge in [0.2, 0.25) is 5.91 Å². The fourth-order valence-corrected chi connectivity index (χ4v) is 2.13. The second-order valence-electron chi connectivity index (χ2n) is 4.37. The van der Waals surface area contributed by atoms with Crippen molar-refractivity contribution in [1.82, 2.24) is 5.32 Å². The maximum Gasteiger partial charge on any atom is 0.220 e. The average Bonchev–Trinajstić information content (AvgIpc) is 2.67. The van der Waals surface area contributed by atoms with Gasteiger partial charge in [-0.25, -0.2) is 0 Å². The molecule has 1 fully saturated rings. The Balaban J connectivity index is 2.28. The zero-order chi connectivity index (χ0) is 11.1. The molecule has 0 radical (unpaired) electrons. The lowest BCUT2D eigenvalue weighted by molar-refractivity contribution is -0.123. The van der Waals surface area contributed by atoms with Crippen LogP contribution in [-0.4, -0.2) is 34.9 Å². The molecule has 4 nitrogen and oxygen atoms in total. The Hall–Kier alpha value is -0.610. The van der Waals surface area contributed by atoms with Crippen LogP contribution in [0.5, 0.6) is 0 Å². The maximum absolute atomic E-state index is 11.5. The van der Waals surface area contributed by atoms with E-state index < -0.39 is 0 Å². The van der Waals surface area contributed by atoms with Gasteiger partial charge in [-0.2, -0.15) is 0 Å². The predicted octanol–water partition coefficient (Wildman–Crippen LogP) is 0.570. The molecule has 0 atom stereocenters. The van der Waals surface area contributed by atoms with Crippen molar-refractivity contribution in [2.75, 3.05) is 13.2 Å². The summed E-state index contributed by atoms with van der Waals surface area (Å²) in [6.07, 6.45) is 5.76. The minimum absolute atomic E-state index is 0.000556. The lowest BCUT2D eigenvalue weighted by atomic mass is 9.98. The molecule has 0 aromatic heterocycles. The van der Waals surface area contributed by atoms with Crippen LogP contribution in [-0.2, 0) is 4.79 Å². The molecule has 1 amide bonds. The number of unbranched alkanes of at least 4 members (excludes halogenated alkanes) is 1. The molecule has 1 aliphatic carbocycles. The van der Waals surface area contributed by atoms with Gasteiger partial charge in [0.15, 0.2) is 0 Å². The van der Waals surface area contributed by atoms with E-state index in [1.54, 1.807) is 0 Å². The number of amides is 1. The van der Waals surface area contributed by atoms with Crippen LogP contribution < -0.4 is 5.32 Å². The molecule has 0 aliphatic heterocycles. The average molecular weight is 215 g/mol. The van der Waals surface area contributed by atoms with E-state index in [1.807, 2.05) is 0 Å². The van der Waals surface area contributed by atoms with E-state index in [0.717, 1.165) is 25.7 Å². The Kier molecular flexibility index (Phi) is 5.05. The second-order valence-corrected chi connectivity index (χ2v) is 4.37. The van der Waals surface area contributed by atoms with Crippen molar-refractivity contribution in [1.29, 1.82) is 0 Å². The Morgan fingerprint density at radius 3 is 2.40 bits per heavy atom. The van der Waals surface area contributed by atoms with Crippen LogP contribution in [0.15, 0.2) is 0 Å². The molecule has 1 saturated carbocycles. The molecule has 0 spiro atoms. The van der Waals surface area contributed by atoms with Crippen molar-refractivity contribution in [3.05, 3.63) is 0 Å². The summed E-state index contributed by atoms with van der Waals surface area (Å²) in [6.45, 7) is 0.178. The van der Waals surface area contributed by atoms with Crippen LogP contribution in [0.3, 0.4) is 0 Å². The SMILES string of the molecule is O=C(CCCCO)NC1(CO)CCCC1. The van der Waals surface area contributed by atoms with Gasteiger partial charge in [-0.3, -0.25) is 4.79 Å². The topological polar surface area (TPSA) is 69.6 Å². The van der Waals surface area contributed by atoms with E-state index in [9.17, 15) is 9.90 Å². The van der Waals surface area contributed by atoms with Crippen LogP contribution in [0.2, 0.25) is 0 Å². The van der Waals surface area contributed by atoms with E-state index >= 15 is 0 Å². The smallest absolute Gasteiger partial charge is 0.220 e. The van der Waals surface area contributed by atoms with Crippen molar-refractivity contribution < 1.29 is 15.0 Å². The predicted molar refractivity (Wildman–Crippen MR) is 57.4 cm³/mol. The quantitative estimate of drug-likeness (QED) is 0.567. The van der Waals surface area contributed by atoms with E-state index in [1.165, 1.54) is 0 Å². The van der Waals surface area contributed by atoms with Gasteiger partial charge in [0.05, 0.1) is 12.1 Å². The van der Waals surface area contributed by atoms with E-state index in [4.69, 9.17) is 5.11 Å². The van der Waals surface area contributed by atoms with Crippen molar-refractivity contribution in [2.45, 2.75) is 50.5 Å². The molecule has 4 heteroatoms. The van der Waals surface area contributed by atoms with Crippen molar-refractivity contribution in [2.24, 2.45) is 0 Å². The molecule has 0 unspecified atom stereocenters. The number of carbonyl (C=O) groups is 1. The molecule has 1 aliphatic rings. The summed E-state index contributed by atoms with van der Waals surface area (Å²) < 4.78 is 0. The number of aliphatic hydroxyl groups is 2. The number of rotatable bonds is 6. The molecule has 0 aromatic carbocycles. The van der Waals surface area contributed by atoms with Crippen LogP contribution in [0.1, 0.15) is 44.9 Å². The molecular formula is C11H21NO3. The maximum atomic E-state index is 11.5. The second kappa shape index (κ2) is 6.08. The molecule has 15 heavy (non-hydrogen) atoms. The third kappa shape index (κ3) is 3.80. The molecule has 0 heterocycles. The summed E-state index contributed by atoms with van der Waals surface area (Å²) in [5.74, 6) is -0.000556. The molecule has 0 bridgehead atoms. The van der Waals surface area contributed by atoms with Gasteiger partial charge in [-0.05, 0) is 25.7 Å². The Morgan fingerprint density at radius 1 is 1.20 bits per heavy atom. The number of aliphatic hydroxyl groups excluding tert-OH is 2. The highest BCUT2D eigenvalue weighted by atomic mass is 16.3. The molecule has 0 saturated heterocycles. The van der Waals surface area contributed by atoms with E-state index in [2.05, 4.69) is 5.32 Å². The van der Waals surface area contributed by atoms with Crippen molar-refractivity contribution in [3.8, 4) is 0 Å². The summed E-state index contributed by atoms with van der Waals surface area (Å²) in [4.78, 5) is 11.5. The largest absolute Gasteiger partial charge is 0.396 e. The molecular weight excluding hydrogens is 194 g/mol.